The molecule has 0 bridgehead atoms. The molecule has 0 radical (unpaired) electrons. The molecule has 1 aromatic heterocycles. The Morgan fingerprint density at radius 3 is 2.28 bits per heavy atom. The number of rotatable bonds is 5. The van der Waals surface area contributed by atoms with Crippen molar-refractivity contribution in [1.29, 1.82) is 0 Å². The van der Waals surface area contributed by atoms with Crippen molar-refractivity contribution in [2.75, 3.05) is 6.61 Å². The van der Waals surface area contributed by atoms with Crippen molar-refractivity contribution in [2.24, 2.45) is 0 Å². The standard InChI is InChI=1S/C15H16NO2/c1-2-12-18-16-10-8-14(9-11-16)15(17)13-6-4-3-5-7-13/h3-11H,2,12H2,1H3/q+1. The second-order valence-corrected chi connectivity index (χ2v) is 3.98. The fourth-order valence-corrected chi connectivity index (χ4v) is 1.60. The van der Waals surface area contributed by atoms with Crippen LogP contribution >= 0.6 is 0 Å². The second-order valence-electron chi connectivity index (χ2n) is 3.98. The minimum atomic E-state index is 0.0261. The first-order chi connectivity index (χ1) is 8.81. The molecule has 0 fully saturated rings. The molecule has 0 aliphatic heterocycles. The molecule has 0 N–H and O–H groups in total. The fourth-order valence-electron chi connectivity index (χ4n) is 1.60. The molecule has 1 heterocycles. The van der Waals surface area contributed by atoms with Gasteiger partial charge in [-0.3, -0.25) is 9.63 Å². The smallest absolute Gasteiger partial charge is 0.223 e. The summed E-state index contributed by atoms with van der Waals surface area (Å²) in [6.45, 7) is 2.71. The molecular weight excluding hydrogens is 226 g/mol. The van der Waals surface area contributed by atoms with Crippen molar-refractivity contribution in [1.82, 2.24) is 0 Å². The van der Waals surface area contributed by atoms with E-state index >= 15 is 0 Å². The molecule has 0 unspecified atom stereocenters. The first-order valence-corrected chi connectivity index (χ1v) is 6.05. The Hall–Kier alpha value is -2.16. The van der Waals surface area contributed by atoms with E-state index in [-0.39, 0.29) is 5.78 Å². The zero-order valence-corrected chi connectivity index (χ0v) is 10.4. The third-order valence-electron chi connectivity index (χ3n) is 2.54. The zero-order chi connectivity index (χ0) is 12.8. The Balaban J connectivity index is 2.12. The van der Waals surface area contributed by atoms with Crippen molar-refractivity contribution in [3.05, 3.63) is 66.0 Å². The highest BCUT2D eigenvalue weighted by molar-refractivity contribution is 6.08. The van der Waals surface area contributed by atoms with Gasteiger partial charge in [-0.15, -0.1) is 0 Å². The quantitative estimate of drug-likeness (QED) is 0.593. The lowest BCUT2D eigenvalue weighted by Crippen LogP contribution is -2.42. The molecular formula is C15H16NO2+. The maximum absolute atomic E-state index is 12.1. The van der Waals surface area contributed by atoms with Gasteiger partial charge in [-0.2, -0.15) is 0 Å². The Labute approximate surface area is 107 Å². The van der Waals surface area contributed by atoms with Gasteiger partial charge in [0.05, 0.1) is 0 Å². The van der Waals surface area contributed by atoms with E-state index in [1.165, 1.54) is 0 Å². The predicted octanol–water partition coefficient (Wildman–Crippen LogP) is 2.04. The molecule has 18 heavy (non-hydrogen) atoms. The van der Waals surface area contributed by atoms with E-state index in [4.69, 9.17) is 4.84 Å². The van der Waals surface area contributed by atoms with Crippen LogP contribution in [0.5, 0.6) is 0 Å². The van der Waals surface area contributed by atoms with Crippen LogP contribution in [-0.2, 0) is 0 Å². The molecule has 2 rings (SSSR count). The summed E-state index contributed by atoms with van der Waals surface area (Å²) in [6, 6.07) is 12.8. The van der Waals surface area contributed by atoms with Crippen molar-refractivity contribution in [2.45, 2.75) is 13.3 Å². The van der Waals surface area contributed by atoms with E-state index in [1.54, 1.807) is 29.3 Å². The van der Waals surface area contributed by atoms with Gasteiger partial charge in [0, 0.05) is 28.0 Å². The van der Waals surface area contributed by atoms with Crippen molar-refractivity contribution < 1.29 is 14.4 Å². The van der Waals surface area contributed by atoms with Gasteiger partial charge in [-0.05, 0) is 6.42 Å². The highest BCUT2D eigenvalue weighted by Gasteiger charge is 2.10. The van der Waals surface area contributed by atoms with Crippen LogP contribution in [0.25, 0.3) is 0 Å². The van der Waals surface area contributed by atoms with Crippen molar-refractivity contribution in [3.8, 4) is 0 Å². The number of nitrogens with zero attached hydrogens (tertiary/aromatic N) is 1. The second kappa shape index (κ2) is 5.96. The molecule has 3 nitrogen and oxygen atoms in total. The van der Waals surface area contributed by atoms with Crippen LogP contribution in [0.15, 0.2) is 54.9 Å². The lowest BCUT2D eigenvalue weighted by Gasteiger charge is -2.00. The highest BCUT2D eigenvalue weighted by Crippen LogP contribution is 2.07. The molecule has 0 atom stereocenters. The normalized spacial score (nSPS) is 10.1. The summed E-state index contributed by atoms with van der Waals surface area (Å²) in [7, 11) is 0. The van der Waals surface area contributed by atoms with Crippen LogP contribution in [0.2, 0.25) is 0 Å². The third kappa shape index (κ3) is 2.94. The van der Waals surface area contributed by atoms with Gasteiger partial charge < -0.3 is 0 Å². The molecule has 92 valence electrons. The Morgan fingerprint density at radius 2 is 1.67 bits per heavy atom. The number of ketones is 1. The summed E-state index contributed by atoms with van der Waals surface area (Å²) < 4.78 is 1.62. The van der Waals surface area contributed by atoms with Crippen LogP contribution in [0.3, 0.4) is 0 Å². The van der Waals surface area contributed by atoms with Crippen LogP contribution in [-0.4, -0.2) is 12.4 Å². The van der Waals surface area contributed by atoms with E-state index in [9.17, 15) is 4.79 Å². The lowest BCUT2D eigenvalue weighted by atomic mass is 10.1. The number of benzene rings is 1. The average Bonchev–Trinajstić information content (AvgIpc) is 2.46. The van der Waals surface area contributed by atoms with Gasteiger partial charge in [0.2, 0.25) is 12.4 Å². The highest BCUT2D eigenvalue weighted by atomic mass is 16.7. The largest absolute Gasteiger partial charge is 0.289 e. The summed E-state index contributed by atoms with van der Waals surface area (Å²) in [6.07, 6.45) is 4.47. The van der Waals surface area contributed by atoms with Gasteiger partial charge in [0.15, 0.2) is 12.4 Å². The van der Waals surface area contributed by atoms with Crippen LogP contribution < -0.4 is 9.57 Å². The van der Waals surface area contributed by atoms with Crippen molar-refractivity contribution >= 4 is 5.78 Å². The third-order valence-corrected chi connectivity index (χ3v) is 2.54. The Bertz CT molecular complexity index is 506. The Kier molecular flexibility index (Phi) is 4.07. The molecule has 0 amide bonds. The zero-order valence-electron chi connectivity index (χ0n) is 10.4. The van der Waals surface area contributed by atoms with Crippen LogP contribution in [0.1, 0.15) is 29.3 Å². The molecule has 0 aliphatic carbocycles. The number of carbonyl (C=O) groups is 1. The minimum absolute atomic E-state index is 0.0261. The van der Waals surface area contributed by atoms with Gasteiger partial charge in [0.25, 0.3) is 0 Å². The van der Waals surface area contributed by atoms with Gasteiger partial charge in [-0.1, -0.05) is 37.3 Å². The first kappa shape index (κ1) is 12.3. The van der Waals surface area contributed by atoms with Gasteiger partial charge in [-0.25, -0.2) is 0 Å². The number of hydrogen-bond acceptors (Lipinski definition) is 2. The maximum Gasteiger partial charge on any atom is 0.223 e. The van der Waals surface area contributed by atoms with Gasteiger partial charge >= 0.3 is 0 Å². The number of hydrogen-bond donors (Lipinski definition) is 0. The summed E-state index contributed by atoms with van der Waals surface area (Å²) >= 11 is 0. The molecule has 3 heteroatoms. The van der Waals surface area contributed by atoms with Crippen LogP contribution in [0.4, 0.5) is 0 Å². The SMILES string of the molecule is CCCO[n+]1ccc(C(=O)c2ccccc2)cc1. The summed E-state index contributed by atoms with van der Waals surface area (Å²) in [4.78, 5) is 17.5. The van der Waals surface area contributed by atoms with Crippen molar-refractivity contribution in [3.63, 3.8) is 0 Å². The summed E-state index contributed by atoms with van der Waals surface area (Å²) in [5.41, 5.74) is 1.36. The molecule has 0 spiro atoms. The van der Waals surface area contributed by atoms with E-state index < -0.39 is 0 Å². The minimum Gasteiger partial charge on any atom is -0.289 e. The number of pyridine rings is 1. The van der Waals surface area contributed by atoms with Gasteiger partial charge in [0.1, 0.15) is 0 Å². The maximum atomic E-state index is 12.1. The monoisotopic (exact) mass is 242 g/mol. The summed E-state index contributed by atoms with van der Waals surface area (Å²) in [5, 5.41) is 0. The van der Waals surface area contributed by atoms with E-state index in [0.29, 0.717) is 17.7 Å². The Morgan fingerprint density at radius 1 is 1.06 bits per heavy atom. The molecule has 0 saturated carbocycles. The topological polar surface area (TPSA) is 30.2 Å². The first-order valence-electron chi connectivity index (χ1n) is 6.05. The van der Waals surface area contributed by atoms with Crippen LogP contribution in [0, 0.1) is 0 Å². The molecule has 1 aromatic carbocycles. The molecule has 0 aliphatic rings. The number of aromatic nitrogens is 1. The fraction of sp³-hybridized carbons (Fsp3) is 0.200. The average molecular weight is 242 g/mol. The predicted molar refractivity (Wildman–Crippen MR) is 68.2 cm³/mol. The lowest BCUT2D eigenvalue weighted by molar-refractivity contribution is -0.891. The molecule has 2 aromatic rings. The summed E-state index contributed by atoms with van der Waals surface area (Å²) in [5.74, 6) is 0.0261. The molecule has 0 saturated heterocycles. The number of carbonyl (C=O) groups excluding carboxylic acids is 1. The van der Waals surface area contributed by atoms with E-state index in [1.807, 2.05) is 37.3 Å². The van der Waals surface area contributed by atoms with E-state index in [0.717, 1.165) is 6.42 Å². The van der Waals surface area contributed by atoms with E-state index in [2.05, 4.69) is 0 Å².